The minimum absolute atomic E-state index is 0.00281. The Labute approximate surface area is 183 Å². The van der Waals surface area contributed by atoms with E-state index in [4.69, 9.17) is 9.72 Å². The molecule has 1 saturated heterocycles. The molecule has 0 saturated carbocycles. The van der Waals surface area contributed by atoms with E-state index in [2.05, 4.69) is 14.8 Å². The Bertz CT molecular complexity index is 902. The number of aryl methyl sites for hydroxylation is 1. The third kappa shape index (κ3) is 5.74. The van der Waals surface area contributed by atoms with Gasteiger partial charge in [0.25, 0.3) is 5.91 Å². The summed E-state index contributed by atoms with van der Waals surface area (Å²) in [5, 5.41) is 2.97. The molecule has 1 fully saturated rings. The zero-order valence-corrected chi connectivity index (χ0v) is 19.1. The van der Waals surface area contributed by atoms with Crippen LogP contribution in [-0.4, -0.2) is 96.2 Å². The van der Waals surface area contributed by atoms with Gasteiger partial charge in [-0.05, 0) is 31.5 Å². The highest BCUT2D eigenvalue weighted by molar-refractivity contribution is 5.97. The Hall–Kier alpha value is -2.65. The first kappa shape index (κ1) is 23.0. The normalized spacial score (nSPS) is 14.8. The second kappa shape index (κ2) is 10.6. The van der Waals surface area contributed by atoms with Crippen molar-refractivity contribution in [3.63, 3.8) is 0 Å². The number of imidazole rings is 1. The van der Waals surface area contributed by atoms with Crippen molar-refractivity contribution in [2.24, 2.45) is 7.05 Å². The van der Waals surface area contributed by atoms with E-state index in [0.29, 0.717) is 45.0 Å². The number of ether oxygens (including phenoxy) is 1. The lowest BCUT2D eigenvalue weighted by Gasteiger charge is -2.34. The third-order valence-electron chi connectivity index (χ3n) is 5.60. The van der Waals surface area contributed by atoms with E-state index in [0.717, 1.165) is 36.4 Å². The second-order valence-electron chi connectivity index (χ2n) is 8.04. The van der Waals surface area contributed by atoms with Gasteiger partial charge in [0.05, 0.1) is 17.6 Å². The number of hydrogen-bond acceptors (Lipinski definition) is 5. The van der Waals surface area contributed by atoms with Gasteiger partial charge in [0, 0.05) is 72.6 Å². The fourth-order valence-corrected chi connectivity index (χ4v) is 3.72. The zero-order valence-electron chi connectivity index (χ0n) is 19.1. The number of carbonyl (C=O) groups is 2. The lowest BCUT2D eigenvalue weighted by molar-refractivity contribution is 0.0827. The number of rotatable bonds is 8. The van der Waals surface area contributed by atoms with E-state index >= 15 is 0 Å². The van der Waals surface area contributed by atoms with Crippen LogP contribution >= 0.6 is 0 Å². The summed E-state index contributed by atoms with van der Waals surface area (Å²) >= 11 is 0. The van der Waals surface area contributed by atoms with E-state index in [1.165, 1.54) is 0 Å². The maximum atomic E-state index is 12.3. The topological polar surface area (TPSA) is 82.9 Å². The summed E-state index contributed by atoms with van der Waals surface area (Å²) in [6.07, 6.45) is 0.827. The summed E-state index contributed by atoms with van der Waals surface area (Å²) in [7, 11) is 5.50. The number of fused-ring (bicyclic) bond motifs is 1. The number of benzene rings is 1. The van der Waals surface area contributed by atoms with Crippen molar-refractivity contribution in [3.8, 4) is 0 Å². The third-order valence-corrected chi connectivity index (χ3v) is 5.60. The van der Waals surface area contributed by atoms with Gasteiger partial charge in [-0.2, -0.15) is 0 Å². The first-order valence-electron chi connectivity index (χ1n) is 10.9. The molecule has 1 aromatic carbocycles. The molecular weight excluding hydrogens is 396 g/mol. The molecule has 1 aromatic heterocycles. The number of carbonyl (C=O) groups excluding carboxylic acids is 2. The van der Waals surface area contributed by atoms with Crippen molar-refractivity contribution < 1.29 is 14.3 Å². The molecule has 0 spiro atoms. The maximum absolute atomic E-state index is 12.3. The van der Waals surface area contributed by atoms with Crippen molar-refractivity contribution in [2.45, 2.75) is 19.9 Å². The van der Waals surface area contributed by atoms with E-state index in [-0.39, 0.29) is 11.9 Å². The average Bonchev–Trinajstić information content (AvgIpc) is 3.07. The largest absolute Gasteiger partial charge is 0.382 e. The molecule has 3 amide bonds. The summed E-state index contributed by atoms with van der Waals surface area (Å²) in [6, 6.07) is 5.66. The molecule has 3 rings (SSSR count). The van der Waals surface area contributed by atoms with Gasteiger partial charge in [0.1, 0.15) is 5.82 Å². The summed E-state index contributed by atoms with van der Waals surface area (Å²) in [5.41, 5.74) is 2.48. The lowest BCUT2D eigenvalue weighted by atomic mass is 10.2. The average molecular weight is 431 g/mol. The van der Waals surface area contributed by atoms with Crippen molar-refractivity contribution in [3.05, 3.63) is 29.6 Å². The van der Waals surface area contributed by atoms with Gasteiger partial charge >= 0.3 is 6.03 Å². The highest BCUT2D eigenvalue weighted by atomic mass is 16.5. The van der Waals surface area contributed by atoms with E-state index < -0.39 is 0 Å². The Morgan fingerprint density at radius 3 is 2.61 bits per heavy atom. The quantitative estimate of drug-likeness (QED) is 0.642. The maximum Gasteiger partial charge on any atom is 0.317 e. The lowest BCUT2D eigenvalue weighted by Crippen LogP contribution is -2.51. The van der Waals surface area contributed by atoms with Crippen molar-refractivity contribution in [1.82, 2.24) is 29.6 Å². The van der Waals surface area contributed by atoms with Crippen LogP contribution in [0, 0.1) is 0 Å². The fraction of sp³-hybridized carbons (Fsp3) is 0.591. The summed E-state index contributed by atoms with van der Waals surface area (Å²) in [6.45, 7) is 7.70. The van der Waals surface area contributed by atoms with Crippen LogP contribution in [0.4, 0.5) is 4.79 Å². The SMILES string of the molecule is CCOCCCNC(=O)N1CCN(Cc2nc3cc(C(=O)N(C)C)ccc3n2C)CC1. The van der Waals surface area contributed by atoms with Crippen LogP contribution < -0.4 is 5.32 Å². The van der Waals surface area contributed by atoms with Crippen molar-refractivity contribution in [2.75, 3.05) is 60.0 Å². The predicted octanol–water partition coefficient (Wildman–Crippen LogP) is 1.53. The van der Waals surface area contributed by atoms with Crippen LogP contribution in [0.25, 0.3) is 11.0 Å². The number of piperazine rings is 1. The molecule has 170 valence electrons. The molecule has 9 nitrogen and oxygen atoms in total. The predicted molar refractivity (Wildman–Crippen MR) is 120 cm³/mol. The molecule has 0 aliphatic carbocycles. The van der Waals surface area contributed by atoms with Crippen LogP contribution in [0.15, 0.2) is 18.2 Å². The second-order valence-corrected chi connectivity index (χ2v) is 8.04. The van der Waals surface area contributed by atoms with Crippen LogP contribution in [0.5, 0.6) is 0 Å². The smallest absolute Gasteiger partial charge is 0.317 e. The summed E-state index contributed by atoms with van der Waals surface area (Å²) in [4.78, 5) is 35.1. The van der Waals surface area contributed by atoms with Gasteiger partial charge in [-0.25, -0.2) is 9.78 Å². The molecule has 0 radical (unpaired) electrons. The minimum Gasteiger partial charge on any atom is -0.382 e. The fourth-order valence-electron chi connectivity index (χ4n) is 3.72. The van der Waals surface area contributed by atoms with Crippen LogP contribution in [0.3, 0.4) is 0 Å². The molecule has 1 aliphatic heterocycles. The highest BCUT2D eigenvalue weighted by Gasteiger charge is 2.22. The number of aromatic nitrogens is 2. The Morgan fingerprint density at radius 1 is 1.19 bits per heavy atom. The number of nitrogens with one attached hydrogen (secondary N) is 1. The van der Waals surface area contributed by atoms with E-state index in [1.807, 2.05) is 37.1 Å². The Balaban J connectivity index is 1.53. The molecule has 1 N–H and O–H groups in total. The molecule has 0 unspecified atom stereocenters. The molecule has 2 aromatic rings. The first-order valence-corrected chi connectivity index (χ1v) is 10.9. The van der Waals surface area contributed by atoms with Gasteiger partial charge < -0.3 is 24.4 Å². The Morgan fingerprint density at radius 2 is 1.94 bits per heavy atom. The summed E-state index contributed by atoms with van der Waals surface area (Å²) < 4.78 is 7.37. The molecule has 1 aliphatic rings. The molecule has 0 atom stereocenters. The van der Waals surface area contributed by atoms with E-state index in [1.54, 1.807) is 19.0 Å². The monoisotopic (exact) mass is 430 g/mol. The van der Waals surface area contributed by atoms with E-state index in [9.17, 15) is 9.59 Å². The molecule has 2 heterocycles. The van der Waals surface area contributed by atoms with Gasteiger partial charge in [-0.15, -0.1) is 0 Å². The molecule has 9 heteroatoms. The minimum atomic E-state index is -0.0265. The number of nitrogens with zero attached hydrogens (tertiary/aromatic N) is 5. The van der Waals surface area contributed by atoms with Crippen LogP contribution in [-0.2, 0) is 18.3 Å². The van der Waals surface area contributed by atoms with Crippen LogP contribution in [0.1, 0.15) is 29.5 Å². The van der Waals surface area contributed by atoms with Gasteiger partial charge in [-0.1, -0.05) is 0 Å². The van der Waals surface area contributed by atoms with Crippen molar-refractivity contribution >= 4 is 23.0 Å². The number of urea groups is 1. The van der Waals surface area contributed by atoms with Crippen molar-refractivity contribution in [1.29, 1.82) is 0 Å². The zero-order chi connectivity index (χ0) is 22.4. The molecular formula is C22H34N6O3. The molecule has 0 bridgehead atoms. The highest BCUT2D eigenvalue weighted by Crippen LogP contribution is 2.19. The Kier molecular flexibility index (Phi) is 7.86. The van der Waals surface area contributed by atoms with Gasteiger partial charge in [-0.3, -0.25) is 9.69 Å². The first-order chi connectivity index (χ1) is 14.9. The number of amides is 3. The van der Waals surface area contributed by atoms with Crippen LogP contribution in [0.2, 0.25) is 0 Å². The number of hydrogen-bond donors (Lipinski definition) is 1. The summed E-state index contributed by atoms with van der Waals surface area (Å²) in [5.74, 6) is 0.930. The van der Waals surface area contributed by atoms with Gasteiger partial charge in [0.2, 0.25) is 0 Å². The standard InChI is InChI=1S/C22H34N6O3/c1-5-31-14-6-9-23-22(30)28-12-10-27(11-13-28)16-20-24-18-15-17(21(29)25(2)3)7-8-19(18)26(20)4/h7-8,15H,5-6,9-14,16H2,1-4H3,(H,23,30). The molecule has 31 heavy (non-hydrogen) atoms. The van der Waals surface area contributed by atoms with Gasteiger partial charge in [0.15, 0.2) is 0 Å².